The van der Waals surface area contributed by atoms with Crippen molar-refractivity contribution in [2.75, 3.05) is 5.75 Å². The minimum atomic E-state index is -4.40. The highest BCUT2D eigenvalue weighted by atomic mass is 127. The van der Waals surface area contributed by atoms with Crippen molar-refractivity contribution in [2.24, 2.45) is 10.2 Å². The molecule has 0 bridgehead atoms. The van der Waals surface area contributed by atoms with E-state index in [1.165, 1.54) is 30.1 Å². The molecule has 9 heteroatoms. The van der Waals surface area contributed by atoms with Gasteiger partial charge in [0.2, 0.25) is 5.91 Å². The number of amides is 1. The number of halogens is 4. The number of alkyl halides is 3. The fraction of sp³-hybridized carbons (Fsp3) is 0.182. The van der Waals surface area contributed by atoms with Crippen LogP contribution in [0.25, 0.3) is 0 Å². The van der Waals surface area contributed by atoms with E-state index in [0.717, 1.165) is 6.07 Å². The maximum absolute atomic E-state index is 12.7. The lowest BCUT2D eigenvalue weighted by atomic mass is 10.1. The largest absolute Gasteiger partial charge is 0.417 e. The number of carbonyl (C=O) groups excluding carboxylic acids is 1. The highest BCUT2D eigenvalue weighted by molar-refractivity contribution is 14.1. The predicted octanol–water partition coefficient (Wildman–Crippen LogP) is 2.86. The number of hydrogen-bond acceptors (Lipinski definition) is 4. The zero-order chi connectivity index (χ0) is 14.8. The molecule has 0 atom stereocenters. The molecule has 20 heavy (non-hydrogen) atoms. The summed E-state index contributed by atoms with van der Waals surface area (Å²) in [5.41, 5.74) is -0.422. The van der Waals surface area contributed by atoms with E-state index >= 15 is 0 Å². The lowest BCUT2D eigenvalue weighted by Crippen LogP contribution is -2.19. The molecule has 1 aromatic carbocycles. The molecule has 1 amide bonds. The molecular formula is C11H7F3IN3OS. The van der Waals surface area contributed by atoms with Crippen LogP contribution in [0.1, 0.15) is 11.1 Å². The zero-order valence-electron chi connectivity index (χ0n) is 9.74. The molecule has 0 saturated carbocycles. The van der Waals surface area contributed by atoms with Crippen LogP contribution in [0.5, 0.6) is 0 Å². The SMILES string of the molecule is O=C1CSC(=NN=Cc2ccc(I)c(C(F)(F)F)c2)N1. The lowest BCUT2D eigenvalue weighted by molar-refractivity contribution is -0.138. The van der Waals surface area contributed by atoms with Crippen LogP contribution < -0.4 is 5.32 Å². The highest BCUT2D eigenvalue weighted by Crippen LogP contribution is 2.33. The van der Waals surface area contributed by atoms with E-state index in [1.807, 2.05) is 0 Å². The summed E-state index contributed by atoms with van der Waals surface area (Å²) < 4.78 is 38.3. The normalized spacial score (nSPS) is 18.0. The number of nitrogens with one attached hydrogen (secondary N) is 1. The van der Waals surface area contributed by atoms with E-state index in [1.54, 1.807) is 22.6 Å². The van der Waals surface area contributed by atoms with Gasteiger partial charge in [-0.1, -0.05) is 17.8 Å². The van der Waals surface area contributed by atoms with Gasteiger partial charge in [-0.3, -0.25) is 4.79 Å². The minimum absolute atomic E-state index is 0.122. The Morgan fingerprint density at radius 1 is 1.40 bits per heavy atom. The predicted molar refractivity (Wildman–Crippen MR) is 79.8 cm³/mol. The van der Waals surface area contributed by atoms with Gasteiger partial charge in [0.25, 0.3) is 0 Å². The highest BCUT2D eigenvalue weighted by Gasteiger charge is 2.32. The summed E-state index contributed by atoms with van der Waals surface area (Å²) in [5, 5.41) is 10.2. The molecule has 1 heterocycles. The maximum atomic E-state index is 12.7. The number of carbonyl (C=O) groups is 1. The van der Waals surface area contributed by atoms with Crippen LogP contribution in [-0.2, 0) is 11.0 Å². The molecule has 1 aliphatic heterocycles. The number of thioether (sulfide) groups is 1. The summed E-state index contributed by atoms with van der Waals surface area (Å²) >= 11 is 2.82. The monoisotopic (exact) mass is 413 g/mol. The molecule has 1 fully saturated rings. The van der Waals surface area contributed by atoms with Gasteiger partial charge in [-0.05, 0) is 40.3 Å². The van der Waals surface area contributed by atoms with E-state index in [0.29, 0.717) is 5.17 Å². The van der Waals surface area contributed by atoms with Crippen molar-refractivity contribution in [3.63, 3.8) is 0 Å². The molecule has 2 rings (SSSR count). The van der Waals surface area contributed by atoms with Crippen LogP contribution in [0.3, 0.4) is 0 Å². The molecule has 0 unspecified atom stereocenters. The van der Waals surface area contributed by atoms with E-state index < -0.39 is 11.7 Å². The van der Waals surface area contributed by atoms with Crippen molar-refractivity contribution < 1.29 is 18.0 Å². The fourth-order valence-corrected chi connectivity index (χ4v) is 2.64. The molecule has 4 nitrogen and oxygen atoms in total. The molecule has 0 spiro atoms. The van der Waals surface area contributed by atoms with Crippen molar-refractivity contribution >= 4 is 51.6 Å². The Morgan fingerprint density at radius 3 is 2.75 bits per heavy atom. The average Bonchev–Trinajstić information content (AvgIpc) is 2.76. The van der Waals surface area contributed by atoms with Crippen LogP contribution in [0.4, 0.5) is 13.2 Å². The Hall–Kier alpha value is -1.10. The number of rotatable bonds is 2. The van der Waals surface area contributed by atoms with Gasteiger partial charge in [-0.2, -0.15) is 18.3 Å². The van der Waals surface area contributed by atoms with Gasteiger partial charge in [-0.15, -0.1) is 5.10 Å². The summed E-state index contributed by atoms with van der Waals surface area (Å²) in [6.07, 6.45) is -3.19. The Morgan fingerprint density at radius 2 is 2.15 bits per heavy atom. The van der Waals surface area contributed by atoms with Crippen molar-refractivity contribution in [1.82, 2.24) is 5.32 Å². The van der Waals surface area contributed by atoms with Crippen LogP contribution in [0.2, 0.25) is 0 Å². The molecule has 1 saturated heterocycles. The molecule has 1 aliphatic rings. The number of amidine groups is 1. The van der Waals surface area contributed by atoms with Crippen molar-refractivity contribution in [2.45, 2.75) is 6.18 Å². The van der Waals surface area contributed by atoms with Crippen LogP contribution in [0, 0.1) is 3.57 Å². The summed E-state index contributed by atoms with van der Waals surface area (Å²) in [4.78, 5) is 10.9. The van der Waals surface area contributed by atoms with Gasteiger partial charge >= 0.3 is 6.18 Å². The first-order chi connectivity index (χ1) is 9.36. The van der Waals surface area contributed by atoms with Crippen molar-refractivity contribution in [3.8, 4) is 0 Å². The summed E-state index contributed by atoms with van der Waals surface area (Å²) in [6, 6.07) is 3.89. The Kier molecular flexibility index (Phi) is 4.68. The fourth-order valence-electron chi connectivity index (χ4n) is 1.37. The molecule has 0 aliphatic carbocycles. The van der Waals surface area contributed by atoms with E-state index in [9.17, 15) is 18.0 Å². The van der Waals surface area contributed by atoms with E-state index in [-0.39, 0.29) is 20.8 Å². The first-order valence-corrected chi connectivity index (χ1v) is 7.33. The maximum Gasteiger partial charge on any atom is 0.417 e. The molecule has 0 radical (unpaired) electrons. The third kappa shape index (κ3) is 3.95. The van der Waals surface area contributed by atoms with Gasteiger partial charge in [0.05, 0.1) is 17.5 Å². The second-order valence-electron chi connectivity index (χ2n) is 3.72. The Labute approximate surface area is 130 Å². The standard InChI is InChI=1S/C11H7F3IN3OS/c12-11(13,14)7-3-6(1-2-8(7)15)4-16-18-10-17-9(19)5-20-10/h1-4H,5H2,(H,17,18,19). The first kappa shape index (κ1) is 15.3. The first-order valence-electron chi connectivity index (χ1n) is 5.26. The molecule has 1 aromatic rings. The third-order valence-corrected chi connectivity index (χ3v) is 4.04. The smallest absolute Gasteiger partial charge is 0.303 e. The summed E-state index contributed by atoms with van der Waals surface area (Å²) in [7, 11) is 0. The van der Waals surface area contributed by atoms with Gasteiger partial charge in [-0.25, -0.2) is 0 Å². The molecule has 106 valence electrons. The topological polar surface area (TPSA) is 53.8 Å². The minimum Gasteiger partial charge on any atom is -0.303 e. The lowest BCUT2D eigenvalue weighted by Gasteiger charge is -2.09. The second-order valence-corrected chi connectivity index (χ2v) is 5.85. The number of nitrogens with zero attached hydrogens (tertiary/aromatic N) is 2. The van der Waals surface area contributed by atoms with Crippen LogP contribution in [0.15, 0.2) is 28.4 Å². The summed E-state index contributed by atoms with van der Waals surface area (Å²) in [5.74, 6) is 0.105. The number of benzene rings is 1. The van der Waals surface area contributed by atoms with Crippen LogP contribution in [-0.4, -0.2) is 23.0 Å². The Balaban J connectivity index is 2.16. The average molecular weight is 413 g/mol. The summed E-state index contributed by atoms with van der Waals surface area (Å²) in [6.45, 7) is 0. The molecular weight excluding hydrogens is 406 g/mol. The van der Waals surface area contributed by atoms with Gasteiger partial charge < -0.3 is 5.32 Å². The molecule has 0 aromatic heterocycles. The van der Waals surface area contributed by atoms with Gasteiger partial charge in [0.1, 0.15) is 0 Å². The van der Waals surface area contributed by atoms with Crippen molar-refractivity contribution in [3.05, 3.63) is 32.9 Å². The van der Waals surface area contributed by atoms with Crippen molar-refractivity contribution in [1.29, 1.82) is 0 Å². The third-order valence-electron chi connectivity index (χ3n) is 2.24. The van der Waals surface area contributed by atoms with E-state index in [4.69, 9.17) is 0 Å². The Bertz CT molecular complexity index is 601. The second kappa shape index (κ2) is 6.12. The van der Waals surface area contributed by atoms with Crippen LogP contribution >= 0.6 is 34.4 Å². The van der Waals surface area contributed by atoms with E-state index in [2.05, 4.69) is 15.5 Å². The number of hydrogen-bond donors (Lipinski definition) is 1. The van der Waals surface area contributed by atoms with Gasteiger partial charge in [0, 0.05) is 3.57 Å². The molecule has 1 N–H and O–H groups in total. The zero-order valence-corrected chi connectivity index (χ0v) is 12.7. The van der Waals surface area contributed by atoms with Gasteiger partial charge in [0.15, 0.2) is 5.17 Å². The quantitative estimate of drug-likeness (QED) is 0.461.